The third-order valence-corrected chi connectivity index (χ3v) is 4.12. The van der Waals surface area contributed by atoms with Gasteiger partial charge in [0.25, 0.3) is 10.1 Å². The summed E-state index contributed by atoms with van der Waals surface area (Å²) in [7, 11) is -3.12. The maximum Gasteiger partial charge on any atom is 0.294 e. The van der Waals surface area contributed by atoms with Gasteiger partial charge < -0.3 is 10.8 Å². The number of rotatable bonds is 1. The van der Waals surface area contributed by atoms with Gasteiger partial charge in [-0.1, -0.05) is 48.5 Å². The Morgan fingerprint density at radius 1 is 0.833 bits per heavy atom. The molecule has 4 N–H and O–H groups in total. The summed E-state index contributed by atoms with van der Waals surface area (Å²) in [5, 5.41) is 8.76. The van der Waals surface area contributed by atoms with Gasteiger partial charge in [0, 0.05) is 12.8 Å². The fourth-order valence-electron chi connectivity index (χ4n) is 2.06. The van der Waals surface area contributed by atoms with Gasteiger partial charge in [0.05, 0.1) is 4.90 Å². The zero-order valence-corrected chi connectivity index (χ0v) is 14.4. The smallest absolute Gasteiger partial charge is 0.294 e. The number of benzene rings is 3. The van der Waals surface area contributed by atoms with Crippen molar-refractivity contribution in [3.05, 3.63) is 72.3 Å². The predicted octanol–water partition coefficient (Wildman–Crippen LogP) is 3.27. The van der Waals surface area contributed by atoms with E-state index in [4.69, 9.17) is 15.4 Å². The first-order valence-electron chi connectivity index (χ1n) is 7.10. The first-order valence-corrected chi connectivity index (χ1v) is 8.54. The molecule has 0 amide bonds. The van der Waals surface area contributed by atoms with E-state index in [0.717, 1.165) is 23.6 Å². The van der Waals surface area contributed by atoms with Crippen molar-refractivity contribution in [1.29, 1.82) is 0 Å². The van der Waals surface area contributed by atoms with Crippen LogP contribution in [0.4, 0.5) is 5.69 Å². The van der Waals surface area contributed by atoms with Crippen LogP contribution >= 0.6 is 0 Å². The Morgan fingerprint density at radius 2 is 1.29 bits per heavy atom. The maximum absolute atomic E-state index is 11.1. The molecule has 0 heterocycles. The molecule has 0 spiro atoms. The highest BCUT2D eigenvalue weighted by atomic mass is 32.2. The van der Waals surface area contributed by atoms with Gasteiger partial charge >= 0.3 is 0 Å². The van der Waals surface area contributed by atoms with E-state index in [0.29, 0.717) is 5.56 Å². The molecule has 128 valence electrons. The van der Waals surface area contributed by atoms with Crippen molar-refractivity contribution < 1.29 is 18.1 Å². The summed E-state index contributed by atoms with van der Waals surface area (Å²) in [6.07, 6.45) is 0. The molecule has 0 unspecified atom stereocenters. The molecule has 0 aliphatic carbocycles. The van der Waals surface area contributed by atoms with E-state index >= 15 is 0 Å². The molecule has 5 nitrogen and oxygen atoms in total. The minimum atomic E-state index is -4.12. The molecular formula is C18H21NO4S. The zero-order valence-electron chi connectivity index (χ0n) is 13.5. The van der Waals surface area contributed by atoms with Gasteiger partial charge in [0.15, 0.2) is 0 Å². The van der Waals surface area contributed by atoms with E-state index in [2.05, 4.69) is 0 Å². The average Bonchev–Trinajstić information content (AvgIpc) is 2.56. The lowest BCUT2D eigenvalue weighted by Gasteiger charge is -2.04. The largest absolute Gasteiger partial charge is 0.400 e. The normalized spacial score (nSPS) is 10.2. The van der Waals surface area contributed by atoms with Crippen LogP contribution in [0.5, 0.6) is 0 Å². The SMILES string of the molecule is CO.Cc1cc2ccccc2cc1S(=O)(=O)O.Nc1ccccc1. The number of aliphatic hydroxyl groups excluding tert-OH is 1. The Kier molecular flexibility index (Phi) is 7.38. The van der Waals surface area contributed by atoms with Crippen LogP contribution in [0.25, 0.3) is 10.8 Å². The molecule has 0 fully saturated rings. The molecule has 0 aromatic heterocycles. The Labute approximate surface area is 142 Å². The minimum absolute atomic E-state index is 0.0267. The van der Waals surface area contributed by atoms with Crippen LogP contribution < -0.4 is 5.73 Å². The molecule has 0 saturated heterocycles. The van der Waals surface area contributed by atoms with Crippen molar-refractivity contribution in [3.8, 4) is 0 Å². The predicted molar refractivity (Wildman–Crippen MR) is 97.5 cm³/mol. The highest BCUT2D eigenvalue weighted by Crippen LogP contribution is 2.22. The molecule has 0 saturated carbocycles. The second kappa shape index (κ2) is 9.02. The molecule has 0 aliphatic rings. The van der Waals surface area contributed by atoms with Crippen LogP contribution in [0.1, 0.15) is 5.56 Å². The Bertz CT molecular complexity index is 878. The number of fused-ring (bicyclic) bond motifs is 1. The lowest BCUT2D eigenvalue weighted by atomic mass is 10.1. The Morgan fingerprint density at radius 3 is 1.71 bits per heavy atom. The van der Waals surface area contributed by atoms with Gasteiger partial charge in [-0.15, -0.1) is 0 Å². The quantitative estimate of drug-likeness (QED) is 0.463. The summed E-state index contributed by atoms with van der Waals surface area (Å²) in [6.45, 7) is 1.66. The number of nitrogens with two attached hydrogens (primary N) is 1. The lowest BCUT2D eigenvalue weighted by molar-refractivity contribution is 0.399. The van der Waals surface area contributed by atoms with E-state index in [-0.39, 0.29) is 4.90 Å². The highest BCUT2D eigenvalue weighted by Gasteiger charge is 2.13. The van der Waals surface area contributed by atoms with Crippen molar-refractivity contribution in [3.63, 3.8) is 0 Å². The monoisotopic (exact) mass is 347 g/mol. The van der Waals surface area contributed by atoms with E-state index in [1.54, 1.807) is 13.0 Å². The van der Waals surface area contributed by atoms with Crippen LogP contribution in [0.2, 0.25) is 0 Å². The first kappa shape index (κ1) is 19.6. The molecule has 24 heavy (non-hydrogen) atoms. The summed E-state index contributed by atoms with van der Waals surface area (Å²) in [5.74, 6) is 0. The fourth-order valence-corrected chi connectivity index (χ4v) is 2.81. The van der Waals surface area contributed by atoms with Crippen molar-refractivity contribution in [1.82, 2.24) is 0 Å². The molecule has 3 rings (SSSR count). The summed E-state index contributed by atoms with van der Waals surface area (Å²) in [5.41, 5.74) is 6.73. The zero-order chi connectivity index (χ0) is 18.2. The first-order chi connectivity index (χ1) is 11.4. The summed E-state index contributed by atoms with van der Waals surface area (Å²) < 4.78 is 31.1. The highest BCUT2D eigenvalue weighted by molar-refractivity contribution is 7.85. The van der Waals surface area contributed by atoms with Crippen LogP contribution in [-0.4, -0.2) is 25.2 Å². The third-order valence-electron chi connectivity index (χ3n) is 3.12. The third kappa shape index (κ3) is 5.66. The molecule has 0 aliphatic heterocycles. The number of hydrogen-bond acceptors (Lipinski definition) is 4. The van der Waals surface area contributed by atoms with Crippen LogP contribution in [0.3, 0.4) is 0 Å². The Hall–Kier alpha value is -2.41. The van der Waals surface area contributed by atoms with E-state index in [9.17, 15) is 8.42 Å². The standard InChI is InChI=1S/C11H10O3S.C6H7N.CH4O/c1-8-6-9-4-2-3-5-10(9)7-11(8)15(12,13)14;7-6-4-2-1-3-5-6;1-2/h2-7H,1H3,(H,12,13,14);1-5H,7H2;2H,1H3. The molecular weight excluding hydrogens is 326 g/mol. The minimum Gasteiger partial charge on any atom is -0.400 e. The number of para-hydroxylation sites is 1. The van der Waals surface area contributed by atoms with Gasteiger partial charge in [0.2, 0.25) is 0 Å². The summed E-state index contributed by atoms with van der Waals surface area (Å²) >= 11 is 0. The van der Waals surface area contributed by atoms with Gasteiger partial charge in [0.1, 0.15) is 0 Å². The van der Waals surface area contributed by atoms with Gasteiger partial charge in [-0.25, -0.2) is 0 Å². The van der Waals surface area contributed by atoms with Crippen molar-refractivity contribution in [2.24, 2.45) is 0 Å². The maximum atomic E-state index is 11.1. The second-order valence-corrected chi connectivity index (χ2v) is 6.24. The number of nitrogen functional groups attached to an aromatic ring is 1. The number of aliphatic hydroxyl groups is 1. The Balaban J connectivity index is 0.000000268. The number of anilines is 1. The molecule has 0 bridgehead atoms. The second-order valence-electron chi connectivity index (χ2n) is 4.85. The molecule has 0 atom stereocenters. The lowest BCUT2D eigenvalue weighted by Crippen LogP contribution is -2.00. The number of aryl methyl sites for hydroxylation is 1. The topological polar surface area (TPSA) is 101 Å². The molecule has 0 radical (unpaired) electrons. The average molecular weight is 347 g/mol. The van der Waals surface area contributed by atoms with Crippen LogP contribution in [0.15, 0.2) is 71.6 Å². The number of hydrogen-bond donors (Lipinski definition) is 3. The van der Waals surface area contributed by atoms with Gasteiger partial charge in [-0.05, 0) is 41.5 Å². The van der Waals surface area contributed by atoms with E-state index < -0.39 is 10.1 Å². The fraction of sp³-hybridized carbons (Fsp3) is 0.111. The van der Waals surface area contributed by atoms with E-state index in [1.807, 2.05) is 54.6 Å². The van der Waals surface area contributed by atoms with Crippen LogP contribution in [0, 0.1) is 6.92 Å². The molecule has 3 aromatic rings. The summed E-state index contributed by atoms with van der Waals surface area (Å²) in [4.78, 5) is -0.0267. The van der Waals surface area contributed by atoms with Crippen molar-refractivity contribution >= 4 is 26.6 Å². The van der Waals surface area contributed by atoms with Crippen LogP contribution in [-0.2, 0) is 10.1 Å². The van der Waals surface area contributed by atoms with E-state index in [1.165, 1.54) is 6.07 Å². The van der Waals surface area contributed by atoms with Gasteiger partial charge in [-0.3, -0.25) is 4.55 Å². The molecule has 3 aromatic carbocycles. The summed E-state index contributed by atoms with van der Waals surface area (Å²) in [6, 6.07) is 20.1. The van der Waals surface area contributed by atoms with Crippen molar-refractivity contribution in [2.45, 2.75) is 11.8 Å². The molecule has 6 heteroatoms. The van der Waals surface area contributed by atoms with Crippen molar-refractivity contribution in [2.75, 3.05) is 12.8 Å². The van der Waals surface area contributed by atoms with Gasteiger partial charge in [-0.2, -0.15) is 8.42 Å².